The number of para-hydroxylation sites is 2. The Morgan fingerprint density at radius 1 is 1.35 bits per heavy atom. The van der Waals surface area contributed by atoms with Gasteiger partial charge in [-0.2, -0.15) is 0 Å². The van der Waals surface area contributed by atoms with E-state index in [4.69, 9.17) is 4.98 Å². The second kappa shape index (κ2) is 5.34. The maximum Gasteiger partial charge on any atom is 0.210 e. The maximum absolute atomic E-state index is 11.6. The summed E-state index contributed by atoms with van der Waals surface area (Å²) in [5.41, 5.74) is 2.59. The first-order valence-corrected chi connectivity index (χ1v) is 8.43. The molecule has 1 spiro atoms. The largest absolute Gasteiger partial charge is 0.334 e. The van der Waals surface area contributed by atoms with E-state index in [0.29, 0.717) is 5.41 Å². The summed E-state index contributed by atoms with van der Waals surface area (Å²) >= 11 is 0. The standard InChI is InChI=1S/C18H24N4O/c1-20(2)9-10-22-15-6-4-3-5-14(15)19-17(22)16-11-18(7-8-18)12-21(16)13-23/h3-6,13,16H,7-12H2,1-2H3. The molecule has 1 saturated carbocycles. The number of carbonyl (C=O) groups excluding carboxylic acids is 1. The third kappa shape index (κ3) is 2.53. The van der Waals surface area contributed by atoms with Crippen LogP contribution in [0.15, 0.2) is 24.3 Å². The second-order valence-electron chi connectivity index (χ2n) is 7.41. The Balaban J connectivity index is 1.75. The number of imidazole rings is 1. The topological polar surface area (TPSA) is 41.4 Å². The number of hydrogen-bond acceptors (Lipinski definition) is 3. The highest BCUT2D eigenvalue weighted by Crippen LogP contribution is 2.58. The van der Waals surface area contributed by atoms with Gasteiger partial charge in [0.05, 0.1) is 17.1 Å². The van der Waals surface area contributed by atoms with Crippen LogP contribution in [0.1, 0.15) is 31.1 Å². The second-order valence-corrected chi connectivity index (χ2v) is 7.41. The van der Waals surface area contributed by atoms with Gasteiger partial charge in [0.2, 0.25) is 6.41 Å². The van der Waals surface area contributed by atoms with Crippen LogP contribution in [0.25, 0.3) is 11.0 Å². The highest BCUT2D eigenvalue weighted by Gasteiger charge is 2.53. The lowest BCUT2D eigenvalue weighted by molar-refractivity contribution is -0.119. The van der Waals surface area contributed by atoms with E-state index >= 15 is 0 Å². The average Bonchev–Trinajstić information content (AvgIpc) is 3.05. The molecule has 1 saturated heterocycles. The molecule has 1 aromatic carbocycles. The predicted octanol–water partition coefficient (Wildman–Crippen LogP) is 2.28. The lowest BCUT2D eigenvalue weighted by atomic mass is 10.0. The third-order valence-electron chi connectivity index (χ3n) is 5.39. The van der Waals surface area contributed by atoms with Gasteiger partial charge >= 0.3 is 0 Å². The van der Waals surface area contributed by atoms with Crippen LogP contribution in [0.2, 0.25) is 0 Å². The van der Waals surface area contributed by atoms with Gasteiger partial charge in [-0.15, -0.1) is 0 Å². The number of likely N-dealkylation sites (tertiary alicyclic amines) is 1. The first kappa shape index (κ1) is 14.7. The first-order valence-electron chi connectivity index (χ1n) is 8.43. The Morgan fingerprint density at radius 3 is 2.83 bits per heavy atom. The Kier molecular flexibility index (Phi) is 3.41. The molecule has 5 heteroatoms. The number of fused-ring (bicyclic) bond motifs is 1. The summed E-state index contributed by atoms with van der Waals surface area (Å²) in [6.45, 7) is 2.77. The molecule has 1 unspecified atom stereocenters. The van der Waals surface area contributed by atoms with Crippen LogP contribution in [0.5, 0.6) is 0 Å². The molecule has 0 bridgehead atoms. The smallest absolute Gasteiger partial charge is 0.210 e. The van der Waals surface area contributed by atoms with Crippen molar-refractivity contribution in [2.75, 3.05) is 27.2 Å². The maximum atomic E-state index is 11.6. The molecule has 23 heavy (non-hydrogen) atoms. The Morgan fingerprint density at radius 2 is 2.13 bits per heavy atom. The summed E-state index contributed by atoms with van der Waals surface area (Å²) in [7, 11) is 4.18. The van der Waals surface area contributed by atoms with Crippen molar-refractivity contribution in [2.24, 2.45) is 5.41 Å². The normalized spacial score (nSPS) is 22.4. The molecule has 2 heterocycles. The fourth-order valence-corrected chi connectivity index (χ4v) is 3.86. The predicted molar refractivity (Wildman–Crippen MR) is 90.1 cm³/mol. The van der Waals surface area contributed by atoms with Crippen molar-refractivity contribution < 1.29 is 4.79 Å². The van der Waals surface area contributed by atoms with Crippen molar-refractivity contribution >= 4 is 17.4 Å². The summed E-state index contributed by atoms with van der Waals surface area (Å²) in [5, 5.41) is 0. The van der Waals surface area contributed by atoms with Gasteiger partial charge in [0, 0.05) is 19.6 Å². The lowest BCUT2D eigenvalue weighted by Crippen LogP contribution is -2.26. The minimum absolute atomic E-state index is 0.129. The van der Waals surface area contributed by atoms with E-state index < -0.39 is 0 Å². The van der Waals surface area contributed by atoms with Gasteiger partial charge in [-0.3, -0.25) is 4.79 Å². The number of nitrogens with zero attached hydrogens (tertiary/aromatic N) is 4. The van der Waals surface area contributed by atoms with Crippen molar-refractivity contribution in [3.63, 3.8) is 0 Å². The number of carbonyl (C=O) groups is 1. The summed E-state index contributed by atoms with van der Waals surface area (Å²) < 4.78 is 2.32. The minimum atomic E-state index is 0.129. The van der Waals surface area contributed by atoms with Gasteiger partial charge in [-0.25, -0.2) is 4.98 Å². The third-order valence-corrected chi connectivity index (χ3v) is 5.39. The summed E-state index contributed by atoms with van der Waals surface area (Å²) in [6.07, 6.45) is 4.60. The van der Waals surface area contributed by atoms with Crippen LogP contribution in [0.4, 0.5) is 0 Å². The molecular weight excluding hydrogens is 288 g/mol. The molecule has 5 nitrogen and oxygen atoms in total. The van der Waals surface area contributed by atoms with Crippen LogP contribution in [-0.4, -0.2) is 52.9 Å². The molecular formula is C18H24N4O. The Labute approximate surface area is 136 Å². The summed E-state index contributed by atoms with van der Waals surface area (Å²) in [4.78, 5) is 20.6. The number of aromatic nitrogens is 2. The monoisotopic (exact) mass is 312 g/mol. The molecule has 0 N–H and O–H groups in total. The number of likely N-dealkylation sites (N-methyl/N-ethyl adjacent to an activating group) is 1. The molecule has 2 aliphatic rings. The van der Waals surface area contributed by atoms with Gasteiger partial charge in [0.25, 0.3) is 0 Å². The number of hydrogen-bond donors (Lipinski definition) is 0. The first-order chi connectivity index (χ1) is 11.1. The van der Waals surface area contributed by atoms with E-state index in [9.17, 15) is 4.79 Å². The number of benzene rings is 1. The molecule has 1 aliphatic carbocycles. The van der Waals surface area contributed by atoms with Gasteiger partial charge in [-0.05, 0) is 50.9 Å². The van der Waals surface area contributed by atoms with Gasteiger partial charge in [0.15, 0.2) is 0 Å². The number of rotatable bonds is 5. The van der Waals surface area contributed by atoms with Gasteiger partial charge in [0.1, 0.15) is 5.82 Å². The van der Waals surface area contributed by atoms with Crippen LogP contribution in [0, 0.1) is 5.41 Å². The highest BCUT2D eigenvalue weighted by molar-refractivity contribution is 5.76. The summed E-state index contributed by atoms with van der Waals surface area (Å²) in [6, 6.07) is 8.43. The van der Waals surface area contributed by atoms with Crippen LogP contribution in [0.3, 0.4) is 0 Å². The van der Waals surface area contributed by atoms with Crippen LogP contribution in [-0.2, 0) is 11.3 Å². The molecule has 2 aromatic rings. The minimum Gasteiger partial charge on any atom is -0.334 e. The van der Waals surface area contributed by atoms with E-state index in [1.807, 2.05) is 11.0 Å². The van der Waals surface area contributed by atoms with Crippen LogP contribution < -0.4 is 0 Å². The van der Waals surface area contributed by atoms with Crippen molar-refractivity contribution in [2.45, 2.75) is 31.8 Å². The molecule has 122 valence electrons. The van der Waals surface area contributed by atoms with E-state index in [1.165, 1.54) is 18.4 Å². The number of amides is 1. The quantitative estimate of drug-likeness (QED) is 0.795. The Bertz CT molecular complexity index is 732. The highest BCUT2D eigenvalue weighted by atomic mass is 16.1. The van der Waals surface area contributed by atoms with E-state index in [2.05, 4.69) is 41.8 Å². The van der Waals surface area contributed by atoms with Crippen LogP contribution >= 0.6 is 0 Å². The molecule has 1 aliphatic heterocycles. The van der Waals surface area contributed by atoms with Crippen molar-refractivity contribution in [1.29, 1.82) is 0 Å². The molecule has 1 aromatic heterocycles. The fraction of sp³-hybridized carbons (Fsp3) is 0.556. The van der Waals surface area contributed by atoms with Crippen molar-refractivity contribution in [3.8, 4) is 0 Å². The Hall–Kier alpha value is -1.88. The molecule has 0 radical (unpaired) electrons. The van der Waals surface area contributed by atoms with Gasteiger partial charge < -0.3 is 14.4 Å². The average molecular weight is 312 g/mol. The van der Waals surface area contributed by atoms with E-state index in [-0.39, 0.29) is 6.04 Å². The SMILES string of the molecule is CN(C)CCn1c(C2CC3(CC3)CN2C=O)nc2ccccc21. The fourth-order valence-electron chi connectivity index (χ4n) is 3.86. The zero-order valence-electron chi connectivity index (χ0n) is 13.9. The molecule has 1 atom stereocenters. The zero-order chi connectivity index (χ0) is 16.0. The van der Waals surface area contributed by atoms with Gasteiger partial charge in [-0.1, -0.05) is 12.1 Å². The zero-order valence-corrected chi connectivity index (χ0v) is 13.9. The molecule has 4 rings (SSSR count). The molecule has 2 fully saturated rings. The molecule has 1 amide bonds. The van der Waals surface area contributed by atoms with Crippen molar-refractivity contribution in [3.05, 3.63) is 30.1 Å². The lowest BCUT2D eigenvalue weighted by Gasteiger charge is -2.21. The van der Waals surface area contributed by atoms with E-state index in [0.717, 1.165) is 43.8 Å². The summed E-state index contributed by atoms with van der Waals surface area (Å²) in [5.74, 6) is 1.06. The van der Waals surface area contributed by atoms with Crippen molar-refractivity contribution in [1.82, 2.24) is 19.4 Å². The van der Waals surface area contributed by atoms with E-state index in [1.54, 1.807) is 0 Å².